The predicted octanol–water partition coefficient (Wildman–Crippen LogP) is 7.47. The van der Waals surface area contributed by atoms with Gasteiger partial charge in [0.05, 0.1) is 5.52 Å². The number of aromatic amines is 1. The van der Waals surface area contributed by atoms with E-state index in [1.807, 2.05) is 0 Å². The molecular formula is C28H23N. The second kappa shape index (κ2) is 7.44. The van der Waals surface area contributed by atoms with Crippen LogP contribution >= 0.6 is 0 Å². The SMILES string of the molecule is CCc1cc(C=C(c2ccccc2)c2ccccc2)c2[nH]c3ccccc3c2c1. The number of fused-ring (bicyclic) bond motifs is 3. The van der Waals surface area contributed by atoms with E-state index in [-0.39, 0.29) is 0 Å². The average molecular weight is 373 g/mol. The van der Waals surface area contributed by atoms with Gasteiger partial charge in [-0.3, -0.25) is 0 Å². The number of rotatable bonds is 4. The molecule has 29 heavy (non-hydrogen) atoms. The molecule has 1 N–H and O–H groups in total. The van der Waals surface area contributed by atoms with Crippen LogP contribution in [0.15, 0.2) is 97.1 Å². The Kier molecular flexibility index (Phi) is 4.50. The summed E-state index contributed by atoms with van der Waals surface area (Å²) in [6, 6.07) is 34.5. The molecule has 0 aliphatic rings. The fourth-order valence-corrected chi connectivity index (χ4v) is 4.08. The summed E-state index contributed by atoms with van der Waals surface area (Å²) in [5.74, 6) is 0. The van der Waals surface area contributed by atoms with Crippen LogP contribution in [0.4, 0.5) is 0 Å². The monoisotopic (exact) mass is 373 g/mol. The van der Waals surface area contributed by atoms with Crippen LogP contribution in [-0.2, 0) is 6.42 Å². The summed E-state index contributed by atoms with van der Waals surface area (Å²) in [5, 5.41) is 2.58. The Morgan fingerprint density at radius 1 is 0.724 bits per heavy atom. The van der Waals surface area contributed by atoms with Crippen molar-refractivity contribution in [1.82, 2.24) is 4.98 Å². The zero-order valence-corrected chi connectivity index (χ0v) is 16.5. The molecule has 0 radical (unpaired) electrons. The maximum atomic E-state index is 3.66. The van der Waals surface area contributed by atoms with Gasteiger partial charge < -0.3 is 4.98 Å². The lowest BCUT2D eigenvalue weighted by Crippen LogP contribution is -1.90. The zero-order chi connectivity index (χ0) is 19.6. The van der Waals surface area contributed by atoms with Crippen LogP contribution in [0.25, 0.3) is 33.5 Å². The van der Waals surface area contributed by atoms with Crippen molar-refractivity contribution >= 4 is 33.5 Å². The Morgan fingerprint density at radius 3 is 2.00 bits per heavy atom. The van der Waals surface area contributed by atoms with E-state index in [1.165, 1.54) is 49.6 Å². The topological polar surface area (TPSA) is 15.8 Å². The van der Waals surface area contributed by atoms with Crippen molar-refractivity contribution in [3.8, 4) is 0 Å². The first-order chi connectivity index (χ1) is 14.3. The Bertz CT molecular complexity index is 1270. The second-order valence-electron chi connectivity index (χ2n) is 7.42. The van der Waals surface area contributed by atoms with E-state index in [0.717, 1.165) is 6.42 Å². The summed E-state index contributed by atoms with van der Waals surface area (Å²) in [5.41, 5.74) is 8.67. The third-order valence-electron chi connectivity index (χ3n) is 5.58. The fraction of sp³-hybridized carbons (Fsp3) is 0.0714. The van der Waals surface area contributed by atoms with Gasteiger partial charge in [0, 0.05) is 16.3 Å². The molecule has 0 saturated heterocycles. The molecule has 1 nitrogen and oxygen atoms in total. The molecule has 0 saturated carbocycles. The lowest BCUT2D eigenvalue weighted by Gasteiger charge is -2.10. The third-order valence-corrected chi connectivity index (χ3v) is 5.58. The highest BCUT2D eigenvalue weighted by atomic mass is 14.7. The number of nitrogens with one attached hydrogen (secondary N) is 1. The Labute approximate surface area is 171 Å². The van der Waals surface area contributed by atoms with E-state index >= 15 is 0 Å². The molecule has 0 aliphatic carbocycles. The van der Waals surface area contributed by atoms with Crippen LogP contribution in [0, 0.1) is 0 Å². The van der Waals surface area contributed by atoms with Crippen molar-refractivity contribution in [1.29, 1.82) is 0 Å². The maximum Gasteiger partial charge on any atom is 0.0538 e. The molecule has 1 aromatic heterocycles. The smallest absolute Gasteiger partial charge is 0.0538 e. The Morgan fingerprint density at radius 2 is 1.34 bits per heavy atom. The van der Waals surface area contributed by atoms with Gasteiger partial charge in [-0.25, -0.2) is 0 Å². The molecule has 0 aliphatic heterocycles. The summed E-state index contributed by atoms with van der Waals surface area (Å²) < 4.78 is 0. The fourth-order valence-electron chi connectivity index (χ4n) is 4.08. The summed E-state index contributed by atoms with van der Waals surface area (Å²) in [7, 11) is 0. The molecule has 140 valence electrons. The third kappa shape index (κ3) is 3.25. The van der Waals surface area contributed by atoms with Crippen molar-refractivity contribution in [3.63, 3.8) is 0 Å². The van der Waals surface area contributed by atoms with Crippen molar-refractivity contribution in [2.24, 2.45) is 0 Å². The Balaban J connectivity index is 1.81. The van der Waals surface area contributed by atoms with E-state index in [1.54, 1.807) is 0 Å². The summed E-state index contributed by atoms with van der Waals surface area (Å²) in [6.45, 7) is 2.22. The first kappa shape index (κ1) is 17.5. The summed E-state index contributed by atoms with van der Waals surface area (Å²) in [6.07, 6.45) is 3.35. The van der Waals surface area contributed by atoms with Crippen molar-refractivity contribution in [3.05, 3.63) is 119 Å². The molecule has 0 atom stereocenters. The van der Waals surface area contributed by atoms with E-state index in [9.17, 15) is 0 Å². The first-order valence-corrected chi connectivity index (χ1v) is 10.2. The molecule has 5 rings (SSSR count). The van der Waals surface area contributed by atoms with Crippen LogP contribution in [0.1, 0.15) is 29.2 Å². The normalized spacial score (nSPS) is 11.1. The predicted molar refractivity (Wildman–Crippen MR) is 125 cm³/mol. The van der Waals surface area contributed by atoms with E-state index in [4.69, 9.17) is 0 Å². The highest BCUT2D eigenvalue weighted by Crippen LogP contribution is 2.33. The molecule has 0 bridgehead atoms. The second-order valence-corrected chi connectivity index (χ2v) is 7.42. The highest BCUT2D eigenvalue weighted by Gasteiger charge is 2.11. The van der Waals surface area contributed by atoms with Crippen LogP contribution in [0.5, 0.6) is 0 Å². The van der Waals surface area contributed by atoms with Crippen molar-refractivity contribution in [2.45, 2.75) is 13.3 Å². The van der Waals surface area contributed by atoms with Crippen molar-refractivity contribution in [2.75, 3.05) is 0 Å². The Hall–Kier alpha value is -3.58. The van der Waals surface area contributed by atoms with Gasteiger partial charge in [0.2, 0.25) is 0 Å². The minimum Gasteiger partial charge on any atom is -0.354 e. The van der Waals surface area contributed by atoms with Gasteiger partial charge in [-0.15, -0.1) is 0 Å². The van der Waals surface area contributed by atoms with Crippen LogP contribution < -0.4 is 0 Å². The molecule has 0 amide bonds. The largest absolute Gasteiger partial charge is 0.354 e. The minimum atomic E-state index is 1.02. The van der Waals surface area contributed by atoms with Crippen molar-refractivity contribution < 1.29 is 0 Å². The molecule has 0 fully saturated rings. The van der Waals surface area contributed by atoms with Gasteiger partial charge in [-0.05, 0) is 58.5 Å². The number of hydrogen-bond acceptors (Lipinski definition) is 0. The maximum absolute atomic E-state index is 3.66. The lowest BCUT2D eigenvalue weighted by molar-refractivity contribution is 1.14. The number of aryl methyl sites for hydroxylation is 1. The van der Waals surface area contributed by atoms with Gasteiger partial charge >= 0.3 is 0 Å². The summed E-state index contributed by atoms with van der Waals surface area (Å²) >= 11 is 0. The number of H-pyrrole nitrogens is 1. The van der Waals surface area contributed by atoms with Crippen LogP contribution in [0.2, 0.25) is 0 Å². The van der Waals surface area contributed by atoms with Gasteiger partial charge in [-0.2, -0.15) is 0 Å². The quantitative estimate of drug-likeness (QED) is 0.314. The van der Waals surface area contributed by atoms with E-state index < -0.39 is 0 Å². The molecule has 0 unspecified atom stereocenters. The molecule has 4 aromatic carbocycles. The van der Waals surface area contributed by atoms with Crippen LogP contribution in [0.3, 0.4) is 0 Å². The summed E-state index contributed by atoms with van der Waals surface area (Å²) in [4.78, 5) is 3.66. The number of hydrogen-bond donors (Lipinski definition) is 1. The minimum absolute atomic E-state index is 1.02. The average Bonchev–Trinajstić information content (AvgIpc) is 3.17. The number of benzene rings is 4. The molecule has 5 aromatic rings. The first-order valence-electron chi connectivity index (χ1n) is 10.2. The standard InChI is InChI=1S/C28H23N/c1-2-20-17-23(28-26(18-20)24-15-9-10-16-27(24)29-28)19-25(21-11-5-3-6-12-21)22-13-7-4-8-14-22/h3-19,29H,2H2,1H3. The van der Waals surface area contributed by atoms with Gasteiger partial charge in [-0.1, -0.05) is 85.8 Å². The highest BCUT2D eigenvalue weighted by molar-refractivity contribution is 6.11. The van der Waals surface area contributed by atoms with Crippen LogP contribution in [-0.4, -0.2) is 4.98 Å². The number of aromatic nitrogens is 1. The molecular weight excluding hydrogens is 350 g/mol. The lowest BCUT2D eigenvalue weighted by atomic mass is 9.94. The van der Waals surface area contributed by atoms with E-state index in [2.05, 4.69) is 115 Å². The zero-order valence-electron chi connectivity index (χ0n) is 16.5. The van der Waals surface area contributed by atoms with Gasteiger partial charge in [0.1, 0.15) is 0 Å². The van der Waals surface area contributed by atoms with E-state index in [0.29, 0.717) is 0 Å². The molecule has 1 heterocycles. The number of para-hydroxylation sites is 1. The van der Waals surface area contributed by atoms with Gasteiger partial charge in [0.15, 0.2) is 0 Å². The molecule has 1 heteroatoms. The van der Waals surface area contributed by atoms with Gasteiger partial charge in [0.25, 0.3) is 0 Å². The molecule has 0 spiro atoms.